The molecule has 0 atom stereocenters. The first kappa shape index (κ1) is 16.6. The summed E-state index contributed by atoms with van der Waals surface area (Å²) in [6.07, 6.45) is 3.75. The lowest BCUT2D eigenvalue weighted by Crippen LogP contribution is -2.14. The third-order valence-corrected chi connectivity index (χ3v) is 5.15. The van der Waals surface area contributed by atoms with Gasteiger partial charge in [0.2, 0.25) is 5.91 Å². The topological polar surface area (TPSA) is 88.0 Å². The standard InChI is InChI=1S/C20H21N3O3/c1-11-14(12(2)26-23-11)8-9-19(24)21-13-6-7-16-15-4-3-5-17(15)20(25)22-18(16)10-13/h6-7,10H,3-5,8-9H2,1-2H3,(H,21,24)(H,22,25). The molecule has 2 heterocycles. The van der Waals surface area contributed by atoms with Crippen LogP contribution in [0.4, 0.5) is 5.69 Å². The molecular formula is C20H21N3O3. The Bertz CT molecular complexity index is 1040. The van der Waals surface area contributed by atoms with Crippen molar-refractivity contribution in [2.45, 2.75) is 46.0 Å². The molecule has 0 saturated carbocycles. The van der Waals surface area contributed by atoms with Gasteiger partial charge in [-0.15, -0.1) is 0 Å². The van der Waals surface area contributed by atoms with E-state index in [1.165, 1.54) is 0 Å². The maximum atomic E-state index is 12.3. The average molecular weight is 351 g/mol. The molecule has 0 fully saturated rings. The SMILES string of the molecule is Cc1noc(C)c1CCC(=O)Nc1ccc2c3c(c(=O)[nH]c2c1)CCC3. The number of nitrogens with one attached hydrogen (secondary N) is 2. The van der Waals surface area contributed by atoms with Crippen molar-refractivity contribution in [3.63, 3.8) is 0 Å². The van der Waals surface area contributed by atoms with Crippen LogP contribution in [0.1, 0.15) is 41.0 Å². The van der Waals surface area contributed by atoms with Crippen molar-refractivity contribution in [1.29, 1.82) is 0 Å². The van der Waals surface area contributed by atoms with Gasteiger partial charge in [0.25, 0.3) is 5.56 Å². The lowest BCUT2D eigenvalue weighted by molar-refractivity contribution is -0.116. The second-order valence-electron chi connectivity index (χ2n) is 6.88. The van der Waals surface area contributed by atoms with Gasteiger partial charge in [0.15, 0.2) is 0 Å². The zero-order chi connectivity index (χ0) is 18.3. The van der Waals surface area contributed by atoms with Crippen LogP contribution in [0.5, 0.6) is 0 Å². The van der Waals surface area contributed by atoms with Crippen LogP contribution in [0, 0.1) is 13.8 Å². The number of hydrogen-bond donors (Lipinski definition) is 2. The predicted octanol–water partition coefficient (Wildman–Crippen LogP) is 3.19. The highest BCUT2D eigenvalue weighted by Gasteiger charge is 2.18. The van der Waals surface area contributed by atoms with Crippen molar-refractivity contribution < 1.29 is 9.32 Å². The molecule has 1 aromatic carbocycles. The summed E-state index contributed by atoms with van der Waals surface area (Å²) >= 11 is 0. The van der Waals surface area contributed by atoms with E-state index in [1.54, 1.807) is 0 Å². The van der Waals surface area contributed by atoms with Gasteiger partial charge in [0.05, 0.1) is 11.2 Å². The Kier molecular flexibility index (Phi) is 4.11. The molecule has 0 saturated heterocycles. The summed E-state index contributed by atoms with van der Waals surface area (Å²) in [6, 6.07) is 5.72. The molecule has 0 aliphatic heterocycles. The predicted molar refractivity (Wildman–Crippen MR) is 99.5 cm³/mol. The van der Waals surface area contributed by atoms with Crippen LogP contribution in [0.3, 0.4) is 0 Å². The number of aromatic nitrogens is 2. The third-order valence-electron chi connectivity index (χ3n) is 5.15. The zero-order valence-corrected chi connectivity index (χ0v) is 14.9. The van der Waals surface area contributed by atoms with E-state index in [2.05, 4.69) is 15.5 Å². The number of pyridine rings is 1. The van der Waals surface area contributed by atoms with Crippen LogP contribution in [0.2, 0.25) is 0 Å². The number of carbonyl (C=O) groups is 1. The molecule has 0 radical (unpaired) electrons. The summed E-state index contributed by atoms with van der Waals surface area (Å²) in [6.45, 7) is 3.73. The quantitative estimate of drug-likeness (QED) is 0.755. The molecule has 3 aromatic rings. The van der Waals surface area contributed by atoms with E-state index >= 15 is 0 Å². The van der Waals surface area contributed by atoms with Gasteiger partial charge in [0.1, 0.15) is 5.76 Å². The highest BCUT2D eigenvalue weighted by atomic mass is 16.5. The third kappa shape index (κ3) is 2.92. The maximum absolute atomic E-state index is 12.3. The number of hydrogen-bond acceptors (Lipinski definition) is 4. The summed E-state index contributed by atoms with van der Waals surface area (Å²) in [5, 5.41) is 7.89. The Morgan fingerprint density at radius 3 is 2.85 bits per heavy atom. The van der Waals surface area contributed by atoms with Crippen LogP contribution >= 0.6 is 0 Å². The smallest absolute Gasteiger partial charge is 0.251 e. The lowest BCUT2D eigenvalue weighted by Gasteiger charge is -2.09. The summed E-state index contributed by atoms with van der Waals surface area (Å²) < 4.78 is 5.13. The number of anilines is 1. The molecule has 0 unspecified atom stereocenters. The fourth-order valence-corrected chi connectivity index (χ4v) is 3.80. The van der Waals surface area contributed by atoms with Crippen LogP contribution in [0.25, 0.3) is 10.9 Å². The molecule has 1 amide bonds. The summed E-state index contributed by atoms with van der Waals surface area (Å²) in [4.78, 5) is 27.4. The highest BCUT2D eigenvalue weighted by molar-refractivity contribution is 5.94. The number of H-pyrrole nitrogens is 1. The zero-order valence-electron chi connectivity index (χ0n) is 14.9. The molecule has 2 N–H and O–H groups in total. The van der Waals surface area contributed by atoms with E-state index < -0.39 is 0 Å². The number of rotatable bonds is 4. The summed E-state index contributed by atoms with van der Waals surface area (Å²) in [5.74, 6) is 0.681. The van der Waals surface area contributed by atoms with Crippen molar-refractivity contribution in [3.8, 4) is 0 Å². The fourth-order valence-electron chi connectivity index (χ4n) is 3.80. The number of fused-ring (bicyclic) bond motifs is 3. The molecule has 26 heavy (non-hydrogen) atoms. The van der Waals surface area contributed by atoms with Gasteiger partial charge in [-0.3, -0.25) is 9.59 Å². The van der Waals surface area contributed by atoms with Crippen LogP contribution < -0.4 is 10.9 Å². The monoisotopic (exact) mass is 351 g/mol. The Labute approximate surface area is 150 Å². The van der Waals surface area contributed by atoms with Crippen LogP contribution in [0.15, 0.2) is 27.5 Å². The molecule has 1 aliphatic carbocycles. The Morgan fingerprint density at radius 2 is 2.08 bits per heavy atom. The van der Waals surface area contributed by atoms with Gasteiger partial charge in [-0.2, -0.15) is 0 Å². The van der Waals surface area contributed by atoms with Crippen molar-refractivity contribution in [3.05, 3.63) is 56.7 Å². The number of nitrogens with zero attached hydrogens (tertiary/aromatic N) is 1. The van der Waals surface area contributed by atoms with Gasteiger partial charge in [0, 0.05) is 28.6 Å². The molecule has 4 rings (SSSR count). The molecule has 1 aliphatic rings. The molecule has 134 valence electrons. The highest BCUT2D eigenvalue weighted by Crippen LogP contribution is 2.27. The lowest BCUT2D eigenvalue weighted by atomic mass is 10.0. The van der Waals surface area contributed by atoms with E-state index in [-0.39, 0.29) is 11.5 Å². The second kappa shape index (κ2) is 6.44. The van der Waals surface area contributed by atoms with E-state index in [0.717, 1.165) is 58.3 Å². The molecule has 2 aromatic heterocycles. The Morgan fingerprint density at radius 1 is 1.27 bits per heavy atom. The average Bonchev–Trinajstić information content (AvgIpc) is 3.21. The molecule has 6 heteroatoms. The van der Waals surface area contributed by atoms with Gasteiger partial charge < -0.3 is 14.8 Å². The van der Waals surface area contributed by atoms with Gasteiger partial charge in [-0.1, -0.05) is 11.2 Å². The molecule has 0 spiro atoms. The maximum Gasteiger partial charge on any atom is 0.251 e. The molecule has 0 bridgehead atoms. The van der Waals surface area contributed by atoms with E-state index in [4.69, 9.17) is 4.52 Å². The van der Waals surface area contributed by atoms with Gasteiger partial charge in [-0.25, -0.2) is 0 Å². The number of aromatic amines is 1. The Hall–Kier alpha value is -2.89. The first-order valence-electron chi connectivity index (χ1n) is 8.92. The van der Waals surface area contributed by atoms with Crippen LogP contribution in [-0.4, -0.2) is 16.0 Å². The van der Waals surface area contributed by atoms with E-state index in [9.17, 15) is 9.59 Å². The van der Waals surface area contributed by atoms with E-state index in [1.807, 2.05) is 32.0 Å². The van der Waals surface area contributed by atoms with Crippen LogP contribution in [-0.2, 0) is 24.1 Å². The van der Waals surface area contributed by atoms with Crippen molar-refractivity contribution in [2.75, 3.05) is 5.32 Å². The number of amides is 1. The Balaban J connectivity index is 1.51. The number of carbonyl (C=O) groups excluding carboxylic acids is 1. The number of benzene rings is 1. The minimum absolute atomic E-state index is 0.00751. The summed E-state index contributed by atoms with van der Waals surface area (Å²) in [7, 11) is 0. The first-order chi connectivity index (χ1) is 12.5. The second-order valence-corrected chi connectivity index (χ2v) is 6.88. The largest absolute Gasteiger partial charge is 0.361 e. The molecule has 6 nitrogen and oxygen atoms in total. The van der Waals surface area contributed by atoms with Gasteiger partial charge >= 0.3 is 0 Å². The first-order valence-corrected chi connectivity index (χ1v) is 8.92. The van der Waals surface area contributed by atoms with Gasteiger partial charge in [-0.05, 0) is 57.2 Å². The summed E-state index contributed by atoms with van der Waals surface area (Å²) in [5.41, 5.74) is 5.33. The normalized spacial score (nSPS) is 13.2. The number of aryl methyl sites for hydroxylation is 3. The minimum atomic E-state index is -0.0761. The van der Waals surface area contributed by atoms with Crippen molar-refractivity contribution in [2.24, 2.45) is 0 Å². The minimum Gasteiger partial charge on any atom is -0.361 e. The van der Waals surface area contributed by atoms with Crippen molar-refractivity contribution >= 4 is 22.5 Å². The van der Waals surface area contributed by atoms with Crippen molar-refractivity contribution in [1.82, 2.24) is 10.1 Å². The molecular weight excluding hydrogens is 330 g/mol. The fraction of sp³-hybridized carbons (Fsp3) is 0.350. The van der Waals surface area contributed by atoms with E-state index in [0.29, 0.717) is 18.5 Å².